The molecular weight excluding hydrogens is 216 g/mol. The van der Waals surface area contributed by atoms with Gasteiger partial charge in [0.15, 0.2) is 0 Å². The average molecular weight is 236 g/mol. The minimum Gasteiger partial charge on any atom is -0.337 e. The fourth-order valence-electron chi connectivity index (χ4n) is 1.65. The lowest BCUT2D eigenvalue weighted by Gasteiger charge is -2.21. The van der Waals surface area contributed by atoms with E-state index in [2.05, 4.69) is 24.3 Å². The highest BCUT2D eigenvalue weighted by molar-refractivity contribution is 5.93. The quantitative estimate of drug-likeness (QED) is 0.581. The number of nitrogens with one attached hydrogen (secondary N) is 1. The Morgan fingerprint density at radius 3 is 2.59 bits per heavy atom. The van der Waals surface area contributed by atoms with E-state index in [-0.39, 0.29) is 5.91 Å². The van der Waals surface area contributed by atoms with Crippen LogP contribution < -0.4 is 11.3 Å². The number of pyridine rings is 1. The second-order valence-electron chi connectivity index (χ2n) is 3.87. The van der Waals surface area contributed by atoms with Crippen molar-refractivity contribution in [3.63, 3.8) is 0 Å². The summed E-state index contributed by atoms with van der Waals surface area (Å²) in [6.45, 7) is 5.63. The van der Waals surface area contributed by atoms with E-state index in [0.29, 0.717) is 11.4 Å². The van der Waals surface area contributed by atoms with Gasteiger partial charge in [0.2, 0.25) is 0 Å². The highest BCUT2D eigenvalue weighted by Crippen LogP contribution is 2.09. The van der Waals surface area contributed by atoms with Gasteiger partial charge in [-0.3, -0.25) is 15.6 Å². The molecule has 0 aliphatic rings. The number of nitrogens with two attached hydrogens (primary N) is 1. The van der Waals surface area contributed by atoms with E-state index >= 15 is 0 Å². The summed E-state index contributed by atoms with van der Waals surface area (Å²) in [5.41, 5.74) is 3.64. The molecule has 5 nitrogen and oxygen atoms in total. The zero-order valence-electron chi connectivity index (χ0n) is 10.4. The van der Waals surface area contributed by atoms with E-state index in [1.165, 1.54) is 0 Å². The largest absolute Gasteiger partial charge is 0.337 e. The molecule has 94 valence electrons. The van der Waals surface area contributed by atoms with E-state index in [9.17, 15) is 4.79 Å². The van der Waals surface area contributed by atoms with Gasteiger partial charge in [0.25, 0.3) is 5.91 Å². The molecule has 0 unspecified atom stereocenters. The minimum absolute atomic E-state index is 0.0363. The predicted octanol–water partition coefficient (Wildman–Crippen LogP) is 1.63. The molecule has 5 heteroatoms. The van der Waals surface area contributed by atoms with Gasteiger partial charge in [-0.1, -0.05) is 13.8 Å². The summed E-state index contributed by atoms with van der Waals surface area (Å²) < 4.78 is 0. The summed E-state index contributed by atoms with van der Waals surface area (Å²) in [6.07, 6.45) is 3.47. The fourth-order valence-corrected chi connectivity index (χ4v) is 1.65. The standard InChI is InChI=1S/C12H20N4O/c1-3-7-16(8-4-2)12(17)11-9-10(15-13)5-6-14-11/h5-6,9H,3-4,7-8,13H2,1-2H3,(H,14,15). The van der Waals surface area contributed by atoms with E-state index < -0.39 is 0 Å². The number of nitrogen functional groups attached to an aromatic ring is 1. The number of hydrazine groups is 1. The van der Waals surface area contributed by atoms with Crippen LogP contribution in [0.25, 0.3) is 0 Å². The molecule has 0 aliphatic carbocycles. The molecule has 1 aromatic rings. The van der Waals surface area contributed by atoms with Gasteiger partial charge in [-0.2, -0.15) is 0 Å². The molecule has 1 aromatic heterocycles. The van der Waals surface area contributed by atoms with E-state index in [4.69, 9.17) is 5.84 Å². The Kier molecular flexibility index (Phi) is 5.42. The van der Waals surface area contributed by atoms with Crippen LogP contribution in [0.4, 0.5) is 5.69 Å². The van der Waals surface area contributed by atoms with Gasteiger partial charge in [-0.25, -0.2) is 0 Å². The molecule has 0 saturated heterocycles. The first-order valence-electron chi connectivity index (χ1n) is 5.94. The number of amides is 1. The van der Waals surface area contributed by atoms with Crippen molar-refractivity contribution < 1.29 is 4.79 Å². The Labute approximate surface area is 102 Å². The second kappa shape index (κ2) is 6.85. The Hall–Kier alpha value is -1.62. The topological polar surface area (TPSA) is 71.2 Å². The van der Waals surface area contributed by atoms with Crippen LogP contribution in [0.1, 0.15) is 37.2 Å². The number of carbonyl (C=O) groups is 1. The molecule has 0 spiro atoms. The van der Waals surface area contributed by atoms with Crippen molar-refractivity contribution in [1.29, 1.82) is 0 Å². The van der Waals surface area contributed by atoms with Gasteiger partial charge in [-0.15, -0.1) is 0 Å². The summed E-state index contributed by atoms with van der Waals surface area (Å²) >= 11 is 0. The van der Waals surface area contributed by atoms with Gasteiger partial charge < -0.3 is 10.3 Å². The Morgan fingerprint density at radius 1 is 1.41 bits per heavy atom. The number of nitrogens with zero attached hydrogens (tertiary/aromatic N) is 2. The van der Waals surface area contributed by atoms with Crippen molar-refractivity contribution in [3.8, 4) is 0 Å². The third kappa shape index (κ3) is 3.71. The van der Waals surface area contributed by atoms with Crippen molar-refractivity contribution in [3.05, 3.63) is 24.0 Å². The van der Waals surface area contributed by atoms with Gasteiger partial charge >= 0.3 is 0 Å². The molecule has 0 fully saturated rings. The third-order valence-corrected chi connectivity index (χ3v) is 2.42. The first-order valence-corrected chi connectivity index (χ1v) is 5.94. The molecular formula is C12H20N4O. The molecule has 1 heterocycles. The Bertz CT molecular complexity index is 361. The third-order valence-electron chi connectivity index (χ3n) is 2.42. The van der Waals surface area contributed by atoms with Gasteiger partial charge in [0.05, 0.1) is 5.69 Å². The predicted molar refractivity (Wildman–Crippen MR) is 68.5 cm³/mol. The highest BCUT2D eigenvalue weighted by Gasteiger charge is 2.15. The maximum absolute atomic E-state index is 12.2. The van der Waals surface area contributed by atoms with Gasteiger partial charge in [0.1, 0.15) is 5.69 Å². The summed E-state index contributed by atoms with van der Waals surface area (Å²) in [4.78, 5) is 18.1. The molecule has 1 rings (SSSR count). The van der Waals surface area contributed by atoms with Crippen LogP contribution in [0.5, 0.6) is 0 Å². The number of aromatic nitrogens is 1. The minimum atomic E-state index is -0.0363. The zero-order chi connectivity index (χ0) is 12.7. The second-order valence-corrected chi connectivity index (χ2v) is 3.87. The number of anilines is 1. The van der Waals surface area contributed by atoms with Crippen molar-refractivity contribution >= 4 is 11.6 Å². The first-order chi connectivity index (χ1) is 8.22. The lowest BCUT2D eigenvalue weighted by Crippen LogP contribution is -2.33. The number of hydrogen-bond acceptors (Lipinski definition) is 4. The molecule has 17 heavy (non-hydrogen) atoms. The molecule has 0 atom stereocenters. The van der Waals surface area contributed by atoms with Crippen LogP contribution in [0.15, 0.2) is 18.3 Å². The van der Waals surface area contributed by atoms with Crippen LogP contribution in [0.3, 0.4) is 0 Å². The van der Waals surface area contributed by atoms with Crippen molar-refractivity contribution in [2.45, 2.75) is 26.7 Å². The maximum Gasteiger partial charge on any atom is 0.272 e. The summed E-state index contributed by atoms with van der Waals surface area (Å²) in [5.74, 6) is 5.27. The molecule has 0 aliphatic heterocycles. The van der Waals surface area contributed by atoms with Crippen molar-refractivity contribution in [1.82, 2.24) is 9.88 Å². The van der Waals surface area contributed by atoms with E-state index in [1.807, 2.05) is 4.90 Å². The molecule has 0 aromatic carbocycles. The van der Waals surface area contributed by atoms with E-state index in [0.717, 1.165) is 25.9 Å². The monoisotopic (exact) mass is 236 g/mol. The van der Waals surface area contributed by atoms with Gasteiger partial charge in [-0.05, 0) is 25.0 Å². The highest BCUT2D eigenvalue weighted by atomic mass is 16.2. The lowest BCUT2D eigenvalue weighted by atomic mass is 10.2. The summed E-state index contributed by atoms with van der Waals surface area (Å²) in [5, 5.41) is 0. The summed E-state index contributed by atoms with van der Waals surface area (Å²) in [6, 6.07) is 3.39. The molecule has 0 bridgehead atoms. The average Bonchev–Trinajstić information content (AvgIpc) is 2.38. The SMILES string of the molecule is CCCN(CCC)C(=O)c1cc(NN)ccn1. The first kappa shape index (κ1) is 13.4. The van der Waals surface area contributed by atoms with Gasteiger partial charge in [0, 0.05) is 19.3 Å². The molecule has 1 amide bonds. The molecule has 0 saturated carbocycles. The van der Waals surface area contributed by atoms with Crippen LogP contribution in [-0.2, 0) is 0 Å². The van der Waals surface area contributed by atoms with E-state index in [1.54, 1.807) is 18.3 Å². The Balaban J connectivity index is 2.84. The normalized spacial score (nSPS) is 10.1. The number of hydrogen-bond donors (Lipinski definition) is 2. The van der Waals surface area contributed by atoms with Crippen LogP contribution in [-0.4, -0.2) is 28.9 Å². The zero-order valence-corrected chi connectivity index (χ0v) is 10.4. The van der Waals surface area contributed by atoms with Crippen LogP contribution >= 0.6 is 0 Å². The maximum atomic E-state index is 12.2. The number of rotatable bonds is 6. The van der Waals surface area contributed by atoms with Crippen LogP contribution in [0, 0.1) is 0 Å². The van der Waals surface area contributed by atoms with Crippen molar-refractivity contribution in [2.75, 3.05) is 18.5 Å². The summed E-state index contributed by atoms with van der Waals surface area (Å²) in [7, 11) is 0. The lowest BCUT2D eigenvalue weighted by molar-refractivity contribution is 0.0750. The van der Waals surface area contributed by atoms with Crippen LogP contribution in [0.2, 0.25) is 0 Å². The number of carbonyl (C=O) groups excluding carboxylic acids is 1. The smallest absolute Gasteiger partial charge is 0.272 e. The molecule has 3 N–H and O–H groups in total. The Morgan fingerprint density at radius 2 is 2.06 bits per heavy atom. The fraction of sp³-hybridized carbons (Fsp3) is 0.500. The van der Waals surface area contributed by atoms with Crippen molar-refractivity contribution in [2.24, 2.45) is 5.84 Å². The molecule has 0 radical (unpaired) electrons.